The number of hydrogen-bond donors (Lipinski definition) is 1. The lowest BCUT2D eigenvalue weighted by Crippen LogP contribution is -2.22. The number of nitriles is 1. The van der Waals surface area contributed by atoms with Crippen LogP contribution in [0.15, 0.2) is 23.8 Å². The van der Waals surface area contributed by atoms with Crippen LogP contribution in [-0.2, 0) is 5.41 Å². The minimum absolute atomic E-state index is 0.489. The van der Waals surface area contributed by atoms with Gasteiger partial charge >= 0.3 is 0 Å². The fourth-order valence-electron chi connectivity index (χ4n) is 2.48. The zero-order valence-electron chi connectivity index (χ0n) is 11.9. The molecule has 0 saturated heterocycles. The minimum Gasteiger partial charge on any atom is -0.261 e. The molecule has 0 aliphatic carbocycles. The smallest absolute Gasteiger partial charge is 0.155 e. The predicted molar refractivity (Wildman–Crippen MR) is 82.9 cm³/mol. The first-order chi connectivity index (χ1) is 10.2. The molecule has 0 atom stereocenters. The summed E-state index contributed by atoms with van der Waals surface area (Å²) in [6.07, 6.45) is 5.03. The molecule has 0 aliphatic rings. The lowest BCUT2D eigenvalue weighted by Gasteiger charge is -2.20. The summed E-state index contributed by atoms with van der Waals surface area (Å²) in [7, 11) is 0. The van der Waals surface area contributed by atoms with Crippen LogP contribution in [0.3, 0.4) is 0 Å². The van der Waals surface area contributed by atoms with Crippen LogP contribution >= 0.6 is 11.3 Å². The number of thiazole rings is 1. The lowest BCUT2D eigenvalue weighted by atomic mass is 9.81. The van der Waals surface area contributed by atoms with Gasteiger partial charge in [-0.15, -0.1) is 11.3 Å². The van der Waals surface area contributed by atoms with Gasteiger partial charge in [0.1, 0.15) is 5.01 Å². The highest BCUT2D eigenvalue weighted by Crippen LogP contribution is 2.36. The Morgan fingerprint density at radius 2 is 2.19 bits per heavy atom. The second-order valence-electron chi connectivity index (χ2n) is 4.93. The normalized spacial score (nSPS) is 11.7. The molecule has 3 heterocycles. The third kappa shape index (κ3) is 2.10. The Morgan fingerprint density at radius 3 is 2.90 bits per heavy atom. The Balaban J connectivity index is 2.11. The van der Waals surface area contributed by atoms with Crippen LogP contribution in [0, 0.1) is 11.3 Å². The molecule has 0 aliphatic heterocycles. The van der Waals surface area contributed by atoms with Crippen LogP contribution in [0.5, 0.6) is 0 Å². The molecular weight excluding hydrogens is 282 g/mol. The first-order valence-corrected chi connectivity index (χ1v) is 7.77. The van der Waals surface area contributed by atoms with Crippen LogP contribution in [0.4, 0.5) is 0 Å². The van der Waals surface area contributed by atoms with Crippen molar-refractivity contribution in [1.82, 2.24) is 20.2 Å². The van der Waals surface area contributed by atoms with E-state index in [-0.39, 0.29) is 0 Å². The zero-order chi connectivity index (χ0) is 14.9. The van der Waals surface area contributed by atoms with Gasteiger partial charge in [-0.1, -0.05) is 13.8 Å². The minimum atomic E-state index is -0.489. The molecule has 3 rings (SSSR count). The summed E-state index contributed by atoms with van der Waals surface area (Å²) in [6.45, 7) is 4.07. The molecule has 1 N–H and O–H groups in total. The summed E-state index contributed by atoms with van der Waals surface area (Å²) in [5.41, 5.74) is 2.13. The van der Waals surface area contributed by atoms with Crippen molar-refractivity contribution in [2.75, 3.05) is 0 Å². The lowest BCUT2D eigenvalue weighted by molar-refractivity contribution is 0.499. The van der Waals surface area contributed by atoms with Crippen molar-refractivity contribution in [3.05, 3.63) is 29.5 Å². The van der Waals surface area contributed by atoms with E-state index in [9.17, 15) is 5.26 Å². The van der Waals surface area contributed by atoms with Crippen LogP contribution < -0.4 is 0 Å². The predicted octanol–water partition coefficient (Wildman–Crippen LogP) is 3.66. The van der Waals surface area contributed by atoms with E-state index in [1.165, 1.54) is 0 Å². The van der Waals surface area contributed by atoms with Gasteiger partial charge in [-0.3, -0.25) is 5.10 Å². The largest absolute Gasteiger partial charge is 0.261 e. The Hall–Kier alpha value is -2.26. The van der Waals surface area contributed by atoms with Crippen LogP contribution in [0.25, 0.3) is 21.6 Å². The molecule has 0 spiro atoms. The summed E-state index contributed by atoms with van der Waals surface area (Å²) >= 11 is 1.56. The van der Waals surface area contributed by atoms with Crippen molar-refractivity contribution >= 4 is 22.4 Å². The van der Waals surface area contributed by atoms with Crippen LogP contribution in [-0.4, -0.2) is 20.2 Å². The van der Waals surface area contributed by atoms with Crippen molar-refractivity contribution in [3.8, 4) is 16.6 Å². The molecule has 5 nitrogen and oxygen atoms in total. The summed E-state index contributed by atoms with van der Waals surface area (Å²) in [4.78, 5) is 8.96. The first-order valence-electron chi connectivity index (χ1n) is 6.89. The van der Waals surface area contributed by atoms with Gasteiger partial charge in [0.15, 0.2) is 5.65 Å². The Labute approximate surface area is 126 Å². The monoisotopic (exact) mass is 297 g/mol. The van der Waals surface area contributed by atoms with Gasteiger partial charge in [-0.05, 0) is 18.9 Å². The topological polar surface area (TPSA) is 78.2 Å². The number of hydrogen-bond acceptors (Lipinski definition) is 5. The number of H-pyrrole nitrogens is 1. The van der Waals surface area contributed by atoms with E-state index in [0.717, 1.165) is 40.1 Å². The maximum absolute atomic E-state index is 9.54. The quantitative estimate of drug-likeness (QED) is 0.797. The van der Waals surface area contributed by atoms with E-state index < -0.39 is 5.41 Å². The van der Waals surface area contributed by atoms with Crippen LogP contribution in [0.2, 0.25) is 0 Å². The molecule has 3 aromatic rings. The van der Waals surface area contributed by atoms with Gasteiger partial charge in [0, 0.05) is 22.5 Å². The van der Waals surface area contributed by atoms with Gasteiger partial charge < -0.3 is 0 Å². The molecule has 0 radical (unpaired) electrons. The SMILES string of the molecule is CCC(C#N)(CC)c1csc(-c2ccnc3[nH]ncc23)n1. The van der Waals surface area contributed by atoms with E-state index in [2.05, 4.69) is 21.3 Å². The molecule has 3 aromatic heterocycles. The first kappa shape index (κ1) is 13.7. The molecule has 106 valence electrons. The summed E-state index contributed by atoms with van der Waals surface area (Å²) in [5.74, 6) is 0. The summed E-state index contributed by atoms with van der Waals surface area (Å²) in [5, 5.41) is 20.3. The third-order valence-corrected chi connectivity index (χ3v) is 4.88. The number of rotatable bonds is 4. The average Bonchev–Trinajstić information content (AvgIpc) is 3.19. The van der Waals surface area contributed by atoms with Gasteiger partial charge in [0.25, 0.3) is 0 Å². The van der Waals surface area contributed by atoms with Crippen molar-refractivity contribution in [2.24, 2.45) is 0 Å². The number of pyridine rings is 1. The van der Waals surface area contributed by atoms with Crippen LogP contribution in [0.1, 0.15) is 32.4 Å². The summed E-state index contributed by atoms with van der Waals surface area (Å²) < 4.78 is 0. The molecule has 0 aromatic carbocycles. The number of nitrogens with one attached hydrogen (secondary N) is 1. The van der Waals surface area contributed by atoms with E-state index in [4.69, 9.17) is 4.98 Å². The molecule has 0 bridgehead atoms. The van der Waals surface area contributed by atoms with Crippen molar-refractivity contribution in [3.63, 3.8) is 0 Å². The van der Waals surface area contributed by atoms with Gasteiger partial charge in [0.05, 0.1) is 23.4 Å². The molecular formula is C15H15N5S. The maximum Gasteiger partial charge on any atom is 0.155 e. The fraction of sp³-hybridized carbons (Fsp3) is 0.333. The molecule has 0 unspecified atom stereocenters. The highest BCUT2D eigenvalue weighted by Gasteiger charge is 2.31. The highest BCUT2D eigenvalue weighted by molar-refractivity contribution is 7.13. The second kappa shape index (κ2) is 5.26. The molecule has 0 fully saturated rings. The van der Waals surface area contributed by atoms with E-state index in [1.54, 1.807) is 23.7 Å². The molecule has 6 heteroatoms. The Bertz CT molecular complexity index is 807. The highest BCUT2D eigenvalue weighted by atomic mass is 32.1. The summed E-state index contributed by atoms with van der Waals surface area (Å²) in [6, 6.07) is 4.38. The number of aromatic amines is 1. The van der Waals surface area contributed by atoms with Gasteiger partial charge in [-0.2, -0.15) is 10.4 Å². The van der Waals surface area contributed by atoms with Gasteiger partial charge in [0.2, 0.25) is 0 Å². The Kier molecular flexibility index (Phi) is 3.43. The van der Waals surface area contributed by atoms with Crippen molar-refractivity contribution in [2.45, 2.75) is 32.1 Å². The average molecular weight is 297 g/mol. The van der Waals surface area contributed by atoms with E-state index in [1.807, 2.05) is 25.3 Å². The van der Waals surface area contributed by atoms with Crippen molar-refractivity contribution < 1.29 is 0 Å². The van der Waals surface area contributed by atoms with E-state index >= 15 is 0 Å². The number of fused-ring (bicyclic) bond motifs is 1. The van der Waals surface area contributed by atoms with E-state index in [0.29, 0.717) is 0 Å². The fourth-order valence-corrected chi connectivity index (χ4v) is 3.44. The number of aromatic nitrogens is 4. The maximum atomic E-state index is 9.54. The third-order valence-electron chi connectivity index (χ3n) is 4.00. The zero-order valence-corrected chi connectivity index (χ0v) is 12.7. The number of nitrogens with zero attached hydrogens (tertiary/aromatic N) is 4. The second-order valence-corrected chi connectivity index (χ2v) is 5.79. The molecule has 0 saturated carbocycles. The van der Waals surface area contributed by atoms with Gasteiger partial charge in [-0.25, -0.2) is 9.97 Å². The van der Waals surface area contributed by atoms with Crippen molar-refractivity contribution in [1.29, 1.82) is 5.26 Å². The molecule has 0 amide bonds. The Morgan fingerprint density at radius 1 is 1.38 bits per heavy atom. The standard InChI is InChI=1S/C15H15N5S/c1-3-15(4-2,9-16)12-8-21-14(19-12)10-5-6-17-13-11(10)7-18-20-13/h5-8H,3-4H2,1-2H3,(H,17,18,20). The molecule has 21 heavy (non-hydrogen) atoms.